The number of pyridine rings is 1. The van der Waals surface area contributed by atoms with Crippen molar-refractivity contribution in [2.24, 2.45) is 0 Å². The summed E-state index contributed by atoms with van der Waals surface area (Å²) in [5.41, 5.74) is 1.35. The van der Waals surface area contributed by atoms with Gasteiger partial charge in [0.25, 0.3) is 5.91 Å². The second-order valence-corrected chi connectivity index (χ2v) is 6.61. The molecule has 0 unspecified atom stereocenters. The molecule has 1 N–H and O–H groups in total. The molecule has 92 valence electrons. The van der Waals surface area contributed by atoms with Gasteiger partial charge in [-0.3, -0.25) is 4.79 Å². The maximum atomic E-state index is 12.1. The highest BCUT2D eigenvalue weighted by atomic mass is 127. The first-order chi connectivity index (χ1) is 8.72. The summed E-state index contributed by atoms with van der Waals surface area (Å²) in [5.74, 6) is 0.553. The predicted molar refractivity (Wildman–Crippen MR) is 81.3 cm³/mol. The molecule has 0 atom stereocenters. The Morgan fingerprint density at radius 2 is 2.28 bits per heavy atom. The van der Waals surface area contributed by atoms with Crippen molar-refractivity contribution < 1.29 is 4.79 Å². The number of halogens is 1. The van der Waals surface area contributed by atoms with E-state index < -0.39 is 0 Å². The Morgan fingerprint density at radius 3 is 3.00 bits per heavy atom. The van der Waals surface area contributed by atoms with Crippen molar-refractivity contribution in [1.82, 2.24) is 4.98 Å². The summed E-state index contributed by atoms with van der Waals surface area (Å²) >= 11 is 3.80. The van der Waals surface area contributed by atoms with Gasteiger partial charge in [-0.1, -0.05) is 0 Å². The Hall–Kier alpha value is -0.950. The third kappa shape index (κ3) is 2.42. The monoisotopic (exact) mass is 370 g/mol. The Morgan fingerprint density at radius 1 is 1.39 bits per heavy atom. The van der Waals surface area contributed by atoms with Crippen molar-refractivity contribution in [3.05, 3.63) is 43.3 Å². The van der Waals surface area contributed by atoms with Crippen LogP contribution in [0.25, 0.3) is 0 Å². The molecule has 2 aromatic rings. The van der Waals surface area contributed by atoms with Gasteiger partial charge in [0.1, 0.15) is 5.82 Å². The smallest absolute Gasteiger partial charge is 0.266 e. The SMILES string of the molecule is O=C(Nc1ccc(I)cn1)c1cc2c(s1)CCC2. The number of carbonyl (C=O) groups is 1. The molecule has 5 heteroatoms. The zero-order chi connectivity index (χ0) is 12.5. The van der Waals surface area contributed by atoms with E-state index in [-0.39, 0.29) is 5.91 Å². The zero-order valence-electron chi connectivity index (χ0n) is 9.57. The van der Waals surface area contributed by atoms with E-state index >= 15 is 0 Å². The van der Waals surface area contributed by atoms with Gasteiger partial charge < -0.3 is 5.32 Å². The van der Waals surface area contributed by atoms with Crippen molar-refractivity contribution in [2.75, 3.05) is 5.32 Å². The van der Waals surface area contributed by atoms with E-state index in [1.54, 1.807) is 17.5 Å². The largest absolute Gasteiger partial charge is 0.306 e. The first-order valence-electron chi connectivity index (χ1n) is 5.77. The number of hydrogen-bond acceptors (Lipinski definition) is 3. The predicted octanol–water partition coefficient (Wildman–Crippen LogP) is 3.49. The number of amides is 1. The van der Waals surface area contributed by atoms with E-state index in [0.717, 1.165) is 21.3 Å². The molecule has 2 heterocycles. The van der Waals surface area contributed by atoms with Crippen molar-refractivity contribution in [3.8, 4) is 0 Å². The molecule has 0 radical (unpaired) electrons. The number of thiophene rings is 1. The molecule has 3 rings (SSSR count). The molecule has 0 aliphatic heterocycles. The van der Waals surface area contributed by atoms with Crippen LogP contribution in [0.15, 0.2) is 24.4 Å². The van der Waals surface area contributed by atoms with Gasteiger partial charge in [-0.2, -0.15) is 0 Å². The maximum Gasteiger partial charge on any atom is 0.266 e. The standard InChI is InChI=1S/C13H11IN2OS/c14-9-4-5-12(15-7-9)16-13(17)11-6-8-2-1-3-10(8)18-11/h4-7H,1-3H2,(H,15,16,17). The van der Waals surface area contributed by atoms with Gasteiger partial charge in [-0.05, 0) is 65.6 Å². The number of aryl methyl sites for hydroxylation is 2. The molecule has 1 amide bonds. The minimum atomic E-state index is -0.0527. The van der Waals surface area contributed by atoms with E-state index in [9.17, 15) is 4.79 Å². The van der Waals surface area contributed by atoms with Gasteiger partial charge in [-0.25, -0.2) is 4.98 Å². The van der Waals surface area contributed by atoms with Crippen LogP contribution in [-0.2, 0) is 12.8 Å². The molecule has 18 heavy (non-hydrogen) atoms. The quantitative estimate of drug-likeness (QED) is 0.823. The van der Waals surface area contributed by atoms with Crippen LogP contribution >= 0.6 is 33.9 Å². The number of nitrogens with zero attached hydrogens (tertiary/aromatic N) is 1. The van der Waals surface area contributed by atoms with E-state index in [1.165, 1.54) is 16.9 Å². The normalized spacial score (nSPS) is 13.4. The number of hydrogen-bond donors (Lipinski definition) is 1. The lowest BCUT2D eigenvalue weighted by atomic mass is 10.2. The van der Waals surface area contributed by atoms with Crippen LogP contribution in [0.4, 0.5) is 5.82 Å². The fourth-order valence-electron chi connectivity index (χ4n) is 2.07. The molecule has 3 nitrogen and oxygen atoms in total. The summed E-state index contributed by atoms with van der Waals surface area (Å²) < 4.78 is 1.06. The Balaban J connectivity index is 1.76. The summed E-state index contributed by atoms with van der Waals surface area (Å²) in [4.78, 5) is 18.4. The highest BCUT2D eigenvalue weighted by Crippen LogP contribution is 2.30. The summed E-state index contributed by atoms with van der Waals surface area (Å²) in [6.45, 7) is 0. The highest BCUT2D eigenvalue weighted by Gasteiger charge is 2.18. The van der Waals surface area contributed by atoms with Crippen LogP contribution in [0, 0.1) is 3.57 Å². The van der Waals surface area contributed by atoms with Crippen molar-refractivity contribution in [1.29, 1.82) is 0 Å². The minimum absolute atomic E-state index is 0.0527. The summed E-state index contributed by atoms with van der Waals surface area (Å²) in [7, 11) is 0. The molecule has 2 aromatic heterocycles. The third-order valence-electron chi connectivity index (χ3n) is 2.94. The molecule has 0 fully saturated rings. The number of fused-ring (bicyclic) bond motifs is 1. The van der Waals surface area contributed by atoms with Gasteiger partial charge >= 0.3 is 0 Å². The number of nitrogens with one attached hydrogen (secondary N) is 1. The van der Waals surface area contributed by atoms with Gasteiger partial charge in [0.05, 0.1) is 4.88 Å². The van der Waals surface area contributed by atoms with Gasteiger partial charge in [0.2, 0.25) is 0 Å². The van der Waals surface area contributed by atoms with E-state index in [4.69, 9.17) is 0 Å². The number of carbonyl (C=O) groups excluding carboxylic acids is 1. The first kappa shape index (κ1) is 12.1. The van der Waals surface area contributed by atoms with E-state index in [1.807, 2.05) is 18.2 Å². The maximum absolute atomic E-state index is 12.1. The van der Waals surface area contributed by atoms with Gasteiger partial charge in [-0.15, -0.1) is 11.3 Å². The summed E-state index contributed by atoms with van der Waals surface area (Å²) in [6.07, 6.45) is 5.20. The third-order valence-corrected chi connectivity index (χ3v) is 4.81. The summed E-state index contributed by atoms with van der Waals surface area (Å²) in [5, 5.41) is 2.83. The molecule has 0 saturated carbocycles. The lowest BCUT2D eigenvalue weighted by Gasteiger charge is -2.02. The molecular formula is C13H11IN2OS. The molecule has 1 aliphatic carbocycles. The van der Waals surface area contributed by atoms with Crippen LogP contribution in [0.2, 0.25) is 0 Å². The van der Waals surface area contributed by atoms with E-state index in [0.29, 0.717) is 5.82 Å². The lowest BCUT2D eigenvalue weighted by molar-refractivity contribution is 0.103. The van der Waals surface area contributed by atoms with Gasteiger partial charge in [0, 0.05) is 14.6 Å². The molecule has 0 saturated heterocycles. The molecule has 1 aliphatic rings. The first-order valence-corrected chi connectivity index (χ1v) is 7.66. The van der Waals surface area contributed by atoms with Crippen molar-refractivity contribution in [2.45, 2.75) is 19.3 Å². The Labute approximate surface area is 123 Å². The Bertz CT molecular complexity index is 570. The lowest BCUT2D eigenvalue weighted by Crippen LogP contribution is -2.11. The fourth-order valence-corrected chi connectivity index (χ4v) is 3.54. The molecule has 0 bridgehead atoms. The van der Waals surface area contributed by atoms with Crippen LogP contribution in [0.1, 0.15) is 26.5 Å². The van der Waals surface area contributed by atoms with Crippen LogP contribution in [0.3, 0.4) is 0 Å². The second-order valence-electron chi connectivity index (χ2n) is 4.23. The molecular weight excluding hydrogens is 359 g/mol. The average molecular weight is 370 g/mol. The van der Waals surface area contributed by atoms with Crippen LogP contribution in [0.5, 0.6) is 0 Å². The topological polar surface area (TPSA) is 42.0 Å². The molecule has 0 aromatic carbocycles. The zero-order valence-corrected chi connectivity index (χ0v) is 12.5. The van der Waals surface area contributed by atoms with Crippen LogP contribution < -0.4 is 5.32 Å². The fraction of sp³-hybridized carbons (Fsp3) is 0.231. The highest BCUT2D eigenvalue weighted by molar-refractivity contribution is 14.1. The number of anilines is 1. The van der Waals surface area contributed by atoms with Crippen molar-refractivity contribution in [3.63, 3.8) is 0 Å². The summed E-state index contributed by atoms with van der Waals surface area (Å²) in [6, 6.07) is 5.77. The number of aromatic nitrogens is 1. The Kier molecular flexibility index (Phi) is 3.34. The minimum Gasteiger partial charge on any atom is -0.306 e. The van der Waals surface area contributed by atoms with Crippen molar-refractivity contribution >= 4 is 45.7 Å². The van der Waals surface area contributed by atoms with Gasteiger partial charge in [0.15, 0.2) is 0 Å². The second kappa shape index (κ2) is 4.97. The van der Waals surface area contributed by atoms with E-state index in [2.05, 4.69) is 32.9 Å². The average Bonchev–Trinajstić information content (AvgIpc) is 2.92. The van der Waals surface area contributed by atoms with Crippen LogP contribution in [-0.4, -0.2) is 10.9 Å². The number of rotatable bonds is 2. The molecule has 0 spiro atoms.